The number of carboxylic acid groups (broad SMARTS) is 1. The molecule has 0 spiro atoms. The van der Waals surface area contributed by atoms with Crippen molar-refractivity contribution in [1.29, 1.82) is 0 Å². The van der Waals surface area contributed by atoms with Crippen LogP contribution >= 0.6 is 23.2 Å². The second-order valence-electron chi connectivity index (χ2n) is 5.14. The molecule has 26 heavy (non-hydrogen) atoms. The molecular weight excluding hydrogens is 406 g/mol. The molecule has 0 aliphatic heterocycles. The summed E-state index contributed by atoms with van der Waals surface area (Å²) in [6.07, 6.45) is 0.973. The fourth-order valence-electron chi connectivity index (χ4n) is 2.40. The van der Waals surface area contributed by atoms with E-state index in [0.29, 0.717) is 0 Å². The number of nitrogens with one attached hydrogen (secondary N) is 1. The quantitative estimate of drug-likeness (QED) is 0.615. The maximum absolute atomic E-state index is 14.1. The lowest BCUT2D eigenvalue weighted by atomic mass is 10.1. The third-order valence-corrected chi connectivity index (χ3v) is 4.63. The van der Waals surface area contributed by atoms with Crippen LogP contribution < -0.4 is 5.32 Å². The van der Waals surface area contributed by atoms with E-state index >= 15 is 0 Å². The maximum Gasteiger partial charge on any atom is 0.337 e. The Morgan fingerprint density at radius 2 is 1.96 bits per heavy atom. The molecule has 1 unspecified atom stereocenters. The van der Waals surface area contributed by atoms with Gasteiger partial charge in [0.05, 0.1) is 21.8 Å². The van der Waals surface area contributed by atoms with E-state index in [1.807, 2.05) is 0 Å². The average Bonchev–Trinajstić information content (AvgIpc) is 2.56. The number of rotatable bonds is 4. The van der Waals surface area contributed by atoms with Crippen molar-refractivity contribution in [3.8, 4) is 0 Å². The van der Waals surface area contributed by atoms with Crippen LogP contribution in [0.3, 0.4) is 0 Å². The molecule has 10 heteroatoms. The molecule has 0 saturated carbocycles. The zero-order valence-corrected chi connectivity index (χ0v) is 15.0. The molecule has 0 amide bonds. The van der Waals surface area contributed by atoms with E-state index in [1.165, 1.54) is 24.3 Å². The predicted molar refractivity (Wildman–Crippen MR) is 95.6 cm³/mol. The lowest BCUT2D eigenvalue weighted by molar-refractivity contribution is 0.0698. The van der Waals surface area contributed by atoms with Crippen molar-refractivity contribution in [2.45, 2.75) is 4.90 Å². The normalized spacial score (nSPS) is 12.2. The van der Waals surface area contributed by atoms with Crippen molar-refractivity contribution in [3.05, 3.63) is 58.0 Å². The molecule has 1 aromatic heterocycles. The molecule has 3 aromatic rings. The number of anilines is 2. The van der Waals surface area contributed by atoms with E-state index < -0.39 is 22.9 Å². The highest BCUT2D eigenvalue weighted by Crippen LogP contribution is 2.35. The Morgan fingerprint density at radius 1 is 1.23 bits per heavy atom. The lowest BCUT2D eigenvalue weighted by Gasteiger charge is -2.18. The molecule has 2 aromatic carbocycles. The summed E-state index contributed by atoms with van der Waals surface area (Å²) in [6.45, 7) is 0. The van der Waals surface area contributed by atoms with Crippen LogP contribution in [0.4, 0.5) is 15.8 Å². The molecule has 0 bridgehead atoms. The maximum atomic E-state index is 14.1. The van der Waals surface area contributed by atoms with Gasteiger partial charge in [-0.3, -0.25) is 9.19 Å². The van der Waals surface area contributed by atoms with Gasteiger partial charge in [0.15, 0.2) is 5.82 Å². The number of carbonyl (C=O) groups is 1. The highest BCUT2D eigenvalue weighted by atomic mass is 35.5. The summed E-state index contributed by atoms with van der Waals surface area (Å²) in [7, 11) is 0. The second-order valence-corrected chi connectivity index (χ2v) is 6.92. The molecule has 1 atom stereocenters. The standard InChI is InChI=1S/C16H9Cl2FN2O4S/c17-7-1-2-12(9(3-7)16(22)23)21-15-10-4-8(18)5-11(19)14(10)20-6-13(15)26(24)25/h1-6H,(H,20,21)(H,22,23)(H,24,25)/p-1. The fourth-order valence-corrected chi connectivity index (χ4v) is 3.24. The van der Waals surface area contributed by atoms with Gasteiger partial charge in [0, 0.05) is 21.6 Å². The van der Waals surface area contributed by atoms with Crippen molar-refractivity contribution in [3.63, 3.8) is 0 Å². The van der Waals surface area contributed by atoms with Gasteiger partial charge in [-0.2, -0.15) is 0 Å². The fraction of sp³-hybridized carbons (Fsp3) is 0. The van der Waals surface area contributed by atoms with Crippen LogP contribution in [0.15, 0.2) is 41.4 Å². The summed E-state index contributed by atoms with van der Waals surface area (Å²) in [5, 5.41) is 12.4. The summed E-state index contributed by atoms with van der Waals surface area (Å²) in [5.41, 5.74) is -0.277. The van der Waals surface area contributed by atoms with Gasteiger partial charge in [-0.1, -0.05) is 23.2 Å². The van der Waals surface area contributed by atoms with Gasteiger partial charge in [0.2, 0.25) is 0 Å². The first-order valence-corrected chi connectivity index (χ1v) is 8.78. The third kappa shape index (κ3) is 3.49. The van der Waals surface area contributed by atoms with Gasteiger partial charge in [-0.05, 0) is 41.4 Å². The summed E-state index contributed by atoms with van der Waals surface area (Å²) in [5.74, 6) is -2.02. The van der Waals surface area contributed by atoms with Crippen molar-refractivity contribution in [1.82, 2.24) is 4.98 Å². The zero-order valence-electron chi connectivity index (χ0n) is 12.6. The lowest BCUT2D eigenvalue weighted by Crippen LogP contribution is -2.06. The smallest absolute Gasteiger partial charge is 0.337 e. The molecule has 0 aliphatic carbocycles. The third-order valence-electron chi connectivity index (χ3n) is 3.51. The number of benzene rings is 2. The van der Waals surface area contributed by atoms with E-state index in [0.717, 1.165) is 12.3 Å². The first-order valence-electron chi connectivity index (χ1n) is 6.95. The van der Waals surface area contributed by atoms with Crippen LogP contribution in [0.2, 0.25) is 10.0 Å². The molecular formula is C16H8Cl2FN2O4S-. The minimum Gasteiger partial charge on any atom is -0.768 e. The molecule has 0 aliphatic rings. The molecule has 2 N–H and O–H groups in total. The van der Waals surface area contributed by atoms with Crippen molar-refractivity contribution < 1.29 is 23.1 Å². The van der Waals surface area contributed by atoms with Gasteiger partial charge >= 0.3 is 5.97 Å². The topological polar surface area (TPSA) is 102 Å². The first-order chi connectivity index (χ1) is 12.3. The number of hydrogen-bond acceptors (Lipinski definition) is 5. The predicted octanol–water partition coefficient (Wildman–Crippen LogP) is 4.36. The summed E-state index contributed by atoms with van der Waals surface area (Å²) in [4.78, 5) is 15.0. The Balaban J connectivity index is 2.29. The van der Waals surface area contributed by atoms with E-state index in [2.05, 4.69) is 10.3 Å². The van der Waals surface area contributed by atoms with Crippen LogP contribution in [0.25, 0.3) is 10.9 Å². The minimum absolute atomic E-state index is 0.0308. The van der Waals surface area contributed by atoms with Crippen molar-refractivity contribution in [2.75, 3.05) is 5.32 Å². The number of aromatic carboxylic acids is 1. The number of fused-ring (bicyclic) bond motifs is 1. The second kappa shape index (κ2) is 7.16. The summed E-state index contributed by atoms with van der Waals surface area (Å²) >= 11 is 8.97. The van der Waals surface area contributed by atoms with Gasteiger partial charge in [-0.25, -0.2) is 9.18 Å². The summed E-state index contributed by atoms with van der Waals surface area (Å²) in [6, 6.07) is 6.38. The molecule has 1 heterocycles. The zero-order chi connectivity index (χ0) is 19.0. The van der Waals surface area contributed by atoms with E-state index in [4.69, 9.17) is 23.2 Å². The number of nitrogens with zero attached hydrogens (tertiary/aromatic N) is 1. The monoisotopic (exact) mass is 413 g/mol. The number of carboxylic acids is 1. The Hall–Kier alpha value is -2.26. The highest BCUT2D eigenvalue weighted by Gasteiger charge is 2.17. The van der Waals surface area contributed by atoms with Crippen molar-refractivity contribution in [2.24, 2.45) is 0 Å². The first kappa shape index (κ1) is 18.5. The highest BCUT2D eigenvalue weighted by molar-refractivity contribution is 7.79. The Bertz CT molecular complexity index is 1080. The SMILES string of the molecule is O=C(O)c1cc(Cl)ccc1Nc1c(S(=O)[O-])cnc2c(F)cc(Cl)cc12. The molecule has 134 valence electrons. The number of halogens is 3. The Labute approximate surface area is 158 Å². The van der Waals surface area contributed by atoms with Crippen LogP contribution in [0, 0.1) is 5.82 Å². The number of hydrogen-bond donors (Lipinski definition) is 2. The van der Waals surface area contributed by atoms with Crippen LogP contribution in [0.1, 0.15) is 10.4 Å². The molecule has 3 rings (SSSR count). The van der Waals surface area contributed by atoms with Gasteiger partial charge < -0.3 is 15.0 Å². The van der Waals surface area contributed by atoms with Gasteiger partial charge in [0.25, 0.3) is 0 Å². The summed E-state index contributed by atoms with van der Waals surface area (Å²) < 4.78 is 37.2. The van der Waals surface area contributed by atoms with Crippen molar-refractivity contribution >= 4 is 62.5 Å². The number of aromatic nitrogens is 1. The molecule has 0 saturated heterocycles. The Kier molecular flexibility index (Phi) is 5.10. The Morgan fingerprint density at radius 3 is 2.62 bits per heavy atom. The molecule has 0 radical (unpaired) electrons. The largest absolute Gasteiger partial charge is 0.768 e. The van der Waals surface area contributed by atoms with E-state index in [-0.39, 0.29) is 42.8 Å². The van der Waals surface area contributed by atoms with E-state index in [9.17, 15) is 23.1 Å². The number of pyridine rings is 1. The van der Waals surface area contributed by atoms with E-state index in [1.54, 1.807) is 0 Å². The molecule has 6 nitrogen and oxygen atoms in total. The van der Waals surface area contributed by atoms with Gasteiger partial charge in [-0.15, -0.1) is 0 Å². The van der Waals surface area contributed by atoms with Crippen LogP contribution in [-0.2, 0) is 11.1 Å². The van der Waals surface area contributed by atoms with Gasteiger partial charge in [0.1, 0.15) is 5.52 Å². The average molecular weight is 414 g/mol. The minimum atomic E-state index is -2.72. The van der Waals surface area contributed by atoms with Crippen LogP contribution in [0.5, 0.6) is 0 Å². The van der Waals surface area contributed by atoms with Crippen LogP contribution in [-0.4, -0.2) is 24.8 Å². The molecule has 0 fully saturated rings.